The zero-order valence-electron chi connectivity index (χ0n) is 15.7. The van der Waals surface area contributed by atoms with Crippen LogP contribution in [0, 0.1) is 11.3 Å². The summed E-state index contributed by atoms with van der Waals surface area (Å²) in [7, 11) is 1.90. The summed E-state index contributed by atoms with van der Waals surface area (Å²) < 4.78 is 7.88. The van der Waals surface area contributed by atoms with Gasteiger partial charge in [-0.15, -0.1) is 0 Å². The van der Waals surface area contributed by atoms with Gasteiger partial charge in [-0.2, -0.15) is 5.26 Å². The highest BCUT2D eigenvalue weighted by Crippen LogP contribution is 2.29. The van der Waals surface area contributed by atoms with E-state index in [1.54, 1.807) is 36.7 Å². The zero-order valence-corrected chi connectivity index (χ0v) is 16.5. The van der Waals surface area contributed by atoms with Crippen molar-refractivity contribution in [1.29, 1.82) is 5.26 Å². The molecule has 2 aromatic carbocycles. The van der Waals surface area contributed by atoms with Crippen LogP contribution in [0.4, 0.5) is 0 Å². The molecule has 0 N–H and O–H groups in total. The predicted octanol–water partition coefficient (Wildman–Crippen LogP) is 5.26. The van der Waals surface area contributed by atoms with Crippen LogP contribution in [-0.2, 0) is 13.7 Å². The summed E-state index contributed by atoms with van der Waals surface area (Å²) >= 11 is 6.20. The van der Waals surface area contributed by atoms with Gasteiger partial charge >= 0.3 is 0 Å². The lowest BCUT2D eigenvalue weighted by molar-refractivity contribution is 0.305. The Kier molecular flexibility index (Phi) is 5.28. The Hall–Kier alpha value is -3.62. The third-order valence-electron chi connectivity index (χ3n) is 4.54. The van der Waals surface area contributed by atoms with Gasteiger partial charge in [-0.25, -0.2) is 4.98 Å². The van der Waals surface area contributed by atoms with Crippen LogP contribution >= 0.6 is 11.6 Å². The van der Waals surface area contributed by atoms with Gasteiger partial charge in [-0.1, -0.05) is 29.8 Å². The Morgan fingerprint density at radius 1 is 1.21 bits per heavy atom. The van der Waals surface area contributed by atoms with Crippen molar-refractivity contribution in [2.75, 3.05) is 0 Å². The molecule has 0 saturated carbocycles. The van der Waals surface area contributed by atoms with Gasteiger partial charge in [0.2, 0.25) is 0 Å². The molecule has 6 heteroatoms. The quantitative estimate of drug-likeness (QED) is 0.428. The molecule has 0 spiro atoms. The lowest BCUT2D eigenvalue weighted by Crippen LogP contribution is -1.99. The van der Waals surface area contributed by atoms with Crippen molar-refractivity contribution in [3.8, 4) is 11.8 Å². The maximum absolute atomic E-state index is 9.80. The number of nitrogens with zero attached hydrogens (tertiary/aromatic N) is 4. The van der Waals surface area contributed by atoms with Gasteiger partial charge in [-0.05, 0) is 42.5 Å². The lowest BCUT2D eigenvalue weighted by atomic mass is 10.1. The molecular weight excluding hydrogens is 384 g/mol. The molecule has 0 amide bonds. The first-order chi connectivity index (χ1) is 14.2. The summed E-state index contributed by atoms with van der Waals surface area (Å²) in [5.41, 5.74) is 3.89. The summed E-state index contributed by atoms with van der Waals surface area (Å²) in [6.07, 6.45) is 5.23. The normalized spacial score (nSPS) is 11.4. The van der Waals surface area contributed by atoms with E-state index in [0.29, 0.717) is 34.3 Å². The van der Waals surface area contributed by atoms with Crippen molar-refractivity contribution in [3.63, 3.8) is 0 Å². The van der Waals surface area contributed by atoms with E-state index in [1.165, 1.54) is 0 Å². The van der Waals surface area contributed by atoms with E-state index in [4.69, 9.17) is 16.3 Å². The van der Waals surface area contributed by atoms with Crippen LogP contribution < -0.4 is 4.74 Å². The first kappa shape index (κ1) is 18.7. The highest BCUT2D eigenvalue weighted by atomic mass is 35.5. The molecule has 4 aromatic rings. The summed E-state index contributed by atoms with van der Waals surface area (Å²) in [5.74, 6) is 1.22. The average molecular weight is 401 g/mol. The average Bonchev–Trinajstić information content (AvgIpc) is 3.09. The molecule has 0 saturated heterocycles. The number of nitriles is 1. The Morgan fingerprint density at radius 3 is 2.83 bits per heavy atom. The number of ether oxygens (including phenoxy) is 1. The number of halogens is 1. The standard InChI is InChI=1S/C23H17ClN4O/c1-28-21-7-3-2-6-20(21)27-23(28)18(13-25)11-17-12-19(24)8-9-22(17)29-15-16-5-4-10-26-14-16/h2-12,14H,15H2,1H3/b18-11+. The molecule has 142 valence electrons. The van der Waals surface area contributed by atoms with Crippen molar-refractivity contribution in [2.24, 2.45) is 7.05 Å². The maximum Gasteiger partial charge on any atom is 0.151 e. The van der Waals surface area contributed by atoms with E-state index in [1.807, 2.05) is 48.0 Å². The molecule has 29 heavy (non-hydrogen) atoms. The largest absolute Gasteiger partial charge is 0.488 e. The number of hydrogen-bond donors (Lipinski definition) is 0. The van der Waals surface area contributed by atoms with Crippen molar-refractivity contribution >= 4 is 34.3 Å². The molecule has 0 aliphatic heterocycles. The summed E-state index contributed by atoms with van der Waals surface area (Å²) in [5, 5.41) is 10.4. The minimum atomic E-state index is 0.366. The molecule has 0 aliphatic carbocycles. The van der Waals surface area contributed by atoms with E-state index in [0.717, 1.165) is 16.6 Å². The van der Waals surface area contributed by atoms with Crippen LogP contribution in [0.5, 0.6) is 5.75 Å². The predicted molar refractivity (Wildman–Crippen MR) is 114 cm³/mol. The minimum absolute atomic E-state index is 0.366. The number of benzene rings is 2. The van der Waals surface area contributed by atoms with Gasteiger partial charge in [0.25, 0.3) is 0 Å². The number of pyridine rings is 1. The fourth-order valence-corrected chi connectivity index (χ4v) is 3.28. The molecule has 0 bridgehead atoms. The van der Waals surface area contributed by atoms with E-state index >= 15 is 0 Å². The first-order valence-electron chi connectivity index (χ1n) is 9.00. The maximum atomic E-state index is 9.80. The number of fused-ring (bicyclic) bond motifs is 1. The van der Waals surface area contributed by atoms with Crippen molar-refractivity contribution in [2.45, 2.75) is 6.61 Å². The van der Waals surface area contributed by atoms with Crippen molar-refractivity contribution in [3.05, 3.63) is 89.0 Å². The summed E-state index contributed by atoms with van der Waals surface area (Å²) in [4.78, 5) is 8.71. The molecule has 0 aliphatic rings. The Balaban J connectivity index is 1.72. The van der Waals surface area contributed by atoms with Crippen molar-refractivity contribution < 1.29 is 4.74 Å². The van der Waals surface area contributed by atoms with Gasteiger partial charge in [0, 0.05) is 35.6 Å². The fraction of sp³-hybridized carbons (Fsp3) is 0.0870. The van der Waals surface area contributed by atoms with Crippen LogP contribution in [0.15, 0.2) is 67.0 Å². The van der Waals surface area contributed by atoms with Gasteiger partial charge in [0.1, 0.15) is 18.4 Å². The molecule has 5 nitrogen and oxygen atoms in total. The third kappa shape index (κ3) is 3.98. The summed E-state index contributed by atoms with van der Waals surface area (Å²) in [6, 6.07) is 19.2. The van der Waals surface area contributed by atoms with E-state index in [9.17, 15) is 5.26 Å². The molecular formula is C23H17ClN4O. The van der Waals surface area contributed by atoms with Gasteiger partial charge in [0.15, 0.2) is 5.82 Å². The number of rotatable bonds is 5. The second-order valence-corrected chi connectivity index (χ2v) is 6.92. The van der Waals surface area contributed by atoms with Gasteiger partial charge in [-0.3, -0.25) is 4.98 Å². The zero-order chi connectivity index (χ0) is 20.2. The van der Waals surface area contributed by atoms with Crippen molar-refractivity contribution in [1.82, 2.24) is 14.5 Å². The Bertz CT molecular complexity index is 1240. The monoisotopic (exact) mass is 400 g/mol. The molecule has 0 fully saturated rings. The number of hydrogen-bond acceptors (Lipinski definition) is 4. The number of allylic oxidation sites excluding steroid dienone is 1. The molecule has 0 atom stereocenters. The fourth-order valence-electron chi connectivity index (χ4n) is 3.10. The Morgan fingerprint density at radius 2 is 2.07 bits per heavy atom. The van der Waals surface area contributed by atoms with Crippen LogP contribution in [0.25, 0.3) is 22.7 Å². The number of aryl methyl sites for hydroxylation is 1. The smallest absolute Gasteiger partial charge is 0.151 e. The number of aromatic nitrogens is 3. The second kappa shape index (κ2) is 8.17. The van der Waals surface area contributed by atoms with Crippen LogP contribution in [-0.4, -0.2) is 14.5 Å². The van der Waals surface area contributed by atoms with Crippen LogP contribution in [0.3, 0.4) is 0 Å². The molecule has 2 aromatic heterocycles. The molecule has 0 unspecified atom stereocenters. The van der Waals surface area contributed by atoms with E-state index in [-0.39, 0.29) is 0 Å². The van der Waals surface area contributed by atoms with Gasteiger partial charge in [0.05, 0.1) is 16.6 Å². The highest BCUT2D eigenvalue weighted by molar-refractivity contribution is 6.30. The third-order valence-corrected chi connectivity index (χ3v) is 4.77. The van der Waals surface area contributed by atoms with Crippen LogP contribution in [0.1, 0.15) is 17.0 Å². The Labute approximate surface area is 173 Å². The summed E-state index contributed by atoms with van der Waals surface area (Å²) in [6.45, 7) is 0.366. The number of imidazole rings is 1. The van der Waals surface area contributed by atoms with Crippen LogP contribution in [0.2, 0.25) is 5.02 Å². The molecule has 0 radical (unpaired) electrons. The van der Waals surface area contributed by atoms with Gasteiger partial charge < -0.3 is 9.30 Å². The topological polar surface area (TPSA) is 63.7 Å². The van der Waals surface area contributed by atoms with E-state index in [2.05, 4.69) is 16.0 Å². The first-order valence-corrected chi connectivity index (χ1v) is 9.38. The highest BCUT2D eigenvalue weighted by Gasteiger charge is 2.13. The number of para-hydroxylation sites is 2. The molecule has 2 heterocycles. The molecule has 4 rings (SSSR count). The SMILES string of the molecule is Cn1c(/C(C#N)=C/c2cc(Cl)ccc2OCc2cccnc2)nc2ccccc21. The second-order valence-electron chi connectivity index (χ2n) is 6.49. The van der Waals surface area contributed by atoms with E-state index < -0.39 is 0 Å². The minimum Gasteiger partial charge on any atom is -0.488 e. The lowest BCUT2D eigenvalue weighted by Gasteiger charge is -2.10.